The van der Waals surface area contributed by atoms with Crippen LogP contribution in [0, 0.1) is 35.0 Å². The first-order valence-corrected chi connectivity index (χ1v) is 11.7. The predicted molar refractivity (Wildman–Crippen MR) is 126 cm³/mol. The van der Waals surface area contributed by atoms with Crippen molar-refractivity contribution in [3.05, 3.63) is 71.8 Å². The minimum atomic E-state index is -1.18. The van der Waals surface area contributed by atoms with Crippen molar-refractivity contribution in [2.75, 3.05) is 0 Å². The fraction of sp³-hybridized carbons (Fsp3) is 0.464. The molecule has 0 aromatic heterocycles. The Labute approximate surface area is 190 Å². The lowest BCUT2D eigenvalue weighted by Crippen LogP contribution is -2.51. The van der Waals surface area contributed by atoms with Crippen LogP contribution in [0.15, 0.2) is 66.3 Å². The van der Waals surface area contributed by atoms with E-state index in [1.165, 1.54) is 11.6 Å². The lowest BCUT2D eigenvalue weighted by molar-refractivity contribution is -0.142. The minimum absolute atomic E-state index is 0.0905. The van der Waals surface area contributed by atoms with E-state index in [1.54, 1.807) is 6.08 Å². The molecule has 0 bridgehead atoms. The Morgan fingerprint density at radius 2 is 1.75 bits per heavy atom. The van der Waals surface area contributed by atoms with Crippen molar-refractivity contribution in [3.8, 4) is 0 Å². The smallest absolute Gasteiger partial charge is 0.235 e. The molecule has 0 saturated carbocycles. The second kappa shape index (κ2) is 8.65. The predicted octanol–water partition coefficient (Wildman–Crippen LogP) is 4.47. The first-order chi connectivity index (χ1) is 15.3. The van der Waals surface area contributed by atoms with Gasteiger partial charge in [0.25, 0.3) is 0 Å². The minimum Gasteiger partial charge on any atom is -0.352 e. The topological polar surface area (TPSA) is 63.2 Å². The first-order valence-electron chi connectivity index (χ1n) is 11.7. The molecular weight excluding hydrogens is 398 g/mol. The zero-order valence-corrected chi connectivity index (χ0v) is 19.4. The Balaban J connectivity index is 1.83. The highest BCUT2D eigenvalue weighted by Gasteiger charge is 2.64. The fourth-order valence-electron chi connectivity index (χ4n) is 5.96. The van der Waals surface area contributed by atoms with Crippen LogP contribution >= 0.6 is 0 Å². The van der Waals surface area contributed by atoms with Crippen LogP contribution in [0.3, 0.4) is 0 Å². The third kappa shape index (κ3) is 3.60. The maximum Gasteiger partial charge on any atom is 0.235 e. The van der Waals surface area contributed by atoms with Crippen molar-refractivity contribution >= 4 is 17.5 Å². The van der Waals surface area contributed by atoms with Crippen LogP contribution in [0.5, 0.6) is 0 Å². The number of amides is 1. The summed E-state index contributed by atoms with van der Waals surface area (Å²) in [6.07, 6.45) is 10.6. The van der Waals surface area contributed by atoms with Gasteiger partial charge in [-0.1, -0.05) is 81.0 Å². The lowest BCUT2D eigenvalue weighted by Gasteiger charge is -2.44. The van der Waals surface area contributed by atoms with Gasteiger partial charge in [-0.25, -0.2) is 0 Å². The second-order valence-corrected chi connectivity index (χ2v) is 9.87. The van der Waals surface area contributed by atoms with Gasteiger partial charge in [-0.2, -0.15) is 0 Å². The summed E-state index contributed by atoms with van der Waals surface area (Å²) in [5, 5.41) is 3.22. The summed E-state index contributed by atoms with van der Waals surface area (Å²) in [7, 11) is 0. The molecule has 4 rings (SSSR count). The van der Waals surface area contributed by atoms with Gasteiger partial charge in [0, 0.05) is 29.7 Å². The van der Waals surface area contributed by atoms with Crippen LogP contribution in [-0.4, -0.2) is 23.5 Å². The Bertz CT molecular complexity index is 1000. The molecule has 1 aromatic rings. The molecule has 1 saturated heterocycles. The maximum absolute atomic E-state index is 13.9. The largest absolute Gasteiger partial charge is 0.352 e. The highest BCUT2D eigenvalue weighted by Crippen LogP contribution is 2.54. The molecular formula is C28H33NO3. The molecule has 2 aliphatic carbocycles. The number of hydrogen-bond donors (Lipinski definition) is 1. The van der Waals surface area contributed by atoms with E-state index in [2.05, 4.69) is 37.4 Å². The van der Waals surface area contributed by atoms with E-state index >= 15 is 0 Å². The monoisotopic (exact) mass is 431 g/mol. The molecule has 7 atom stereocenters. The van der Waals surface area contributed by atoms with Gasteiger partial charge in [0.05, 0.1) is 0 Å². The molecule has 1 aromatic carbocycles. The van der Waals surface area contributed by atoms with E-state index in [4.69, 9.17) is 0 Å². The molecule has 4 nitrogen and oxygen atoms in total. The SMILES string of the molecule is CC1=C[C@@H]2/C=C/C[C@H](C)C(=O)[C@@H](C)/C=C/C(=O)[C@]23C(=O)N[C@@H](Cc2ccccc2)[C@@H]3[C@@H]1C. The van der Waals surface area contributed by atoms with Gasteiger partial charge >= 0.3 is 0 Å². The quantitative estimate of drug-likeness (QED) is 0.555. The fourth-order valence-corrected chi connectivity index (χ4v) is 5.96. The summed E-state index contributed by atoms with van der Waals surface area (Å²) in [4.78, 5) is 40.2. The molecule has 3 aliphatic rings. The van der Waals surface area contributed by atoms with Crippen molar-refractivity contribution in [1.82, 2.24) is 5.32 Å². The van der Waals surface area contributed by atoms with Crippen LogP contribution < -0.4 is 5.32 Å². The first kappa shape index (κ1) is 22.4. The Morgan fingerprint density at radius 1 is 1.03 bits per heavy atom. The zero-order valence-electron chi connectivity index (χ0n) is 19.4. The van der Waals surface area contributed by atoms with Gasteiger partial charge in [-0.05, 0) is 37.3 Å². The molecule has 1 aliphatic heterocycles. The average Bonchev–Trinajstić information content (AvgIpc) is 3.07. The van der Waals surface area contributed by atoms with Crippen molar-refractivity contribution in [1.29, 1.82) is 0 Å². The van der Waals surface area contributed by atoms with Crippen LogP contribution in [0.25, 0.3) is 0 Å². The Kier molecular flexibility index (Phi) is 6.07. The molecule has 1 fully saturated rings. The van der Waals surface area contributed by atoms with Crippen molar-refractivity contribution in [3.63, 3.8) is 0 Å². The standard InChI is InChI=1S/C28H33NO3/c1-17-9-8-12-22-15-19(3)20(4)25-23(16-21-10-6-5-7-11-21)29-27(32)28(22,25)24(30)14-13-18(2)26(17)31/h5-8,10-15,17-18,20,22-23,25H,9,16H2,1-4H3,(H,29,32)/b12-8+,14-13+/t17-,18-,20+,22-,23-,25-,28+/m0/s1. The van der Waals surface area contributed by atoms with E-state index in [9.17, 15) is 14.4 Å². The van der Waals surface area contributed by atoms with Crippen molar-refractivity contribution in [2.24, 2.45) is 35.0 Å². The summed E-state index contributed by atoms with van der Waals surface area (Å²) in [6.45, 7) is 7.99. The molecule has 1 heterocycles. The van der Waals surface area contributed by atoms with E-state index in [0.29, 0.717) is 12.8 Å². The third-order valence-corrected chi connectivity index (χ3v) is 7.89. The number of Topliss-reactive ketones (excluding diaryl/α,β-unsaturated/α-hetero) is 1. The van der Waals surface area contributed by atoms with Gasteiger partial charge in [-0.3, -0.25) is 14.4 Å². The molecule has 168 valence electrons. The number of carbonyl (C=O) groups excluding carboxylic acids is 3. The van der Waals surface area contributed by atoms with Crippen LogP contribution in [0.2, 0.25) is 0 Å². The van der Waals surface area contributed by atoms with E-state index in [-0.39, 0.29) is 53.1 Å². The number of benzene rings is 1. The molecule has 0 unspecified atom stereocenters. The summed E-state index contributed by atoms with van der Waals surface area (Å²) in [5.41, 5.74) is 1.18. The van der Waals surface area contributed by atoms with Gasteiger partial charge < -0.3 is 5.32 Å². The van der Waals surface area contributed by atoms with Crippen LogP contribution in [0.1, 0.15) is 39.7 Å². The summed E-state index contributed by atoms with van der Waals surface area (Å²) in [6, 6.07) is 10.0. The number of rotatable bonds is 2. The molecule has 4 heteroatoms. The molecule has 1 spiro atoms. The van der Waals surface area contributed by atoms with Gasteiger partial charge in [0.15, 0.2) is 5.78 Å². The summed E-state index contributed by atoms with van der Waals surface area (Å²) >= 11 is 0. The average molecular weight is 432 g/mol. The van der Waals surface area contributed by atoms with E-state index < -0.39 is 5.41 Å². The van der Waals surface area contributed by atoms with E-state index in [0.717, 1.165) is 5.56 Å². The van der Waals surface area contributed by atoms with Crippen LogP contribution in [-0.2, 0) is 20.8 Å². The summed E-state index contributed by atoms with van der Waals surface area (Å²) in [5.74, 6) is -1.11. The number of nitrogens with one attached hydrogen (secondary N) is 1. The van der Waals surface area contributed by atoms with Gasteiger partial charge in [0.1, 0.15) is 11.2 Å². The lowest BCUT2D eigenvalue weighted by atomic mass is 9.55. The summed E-state index contributed by atoms with van der Waals surface area (Å²) < 4.78 is 0. The Hall–Kier alpha value is -2.75. The zero-order chi connectivity index (χ0) is 23.0. The molecule has 32 heavy (non-hydrogen) atoms. The molecule has 0 radical (unpaired) electrons. The van der Waals surface area contributed by atoms with Gasteiger partial charge in [0.2, 0.25) is 5.91 Å². The number of ketones is 2. The van der Waals surface area contributed by atoms with Crippen LogP contribution in [0.4, 0.5) is 0 Å². The van der Waals surface area contributed by atoms with E-state index in [1.807, 2.05) is 44.2 Å². The van der Waals surface area contributed by atoms with Gasteiger partial charge in [-0.15, -0.1) is 0 Å². The second-order valence-electron chi connectivity index (χ2n) is 9.87. The Morgan fingerprint density at radius 3 is 2.47 bits per heavy atom. The molecule has 1 amide bonds. The highest BCUT2D eigenvalue weighted by molar-refractivity contribution is 6.14. The number of hydrogen-bond acceptors (Lipinski definition) is 3. The number of allylic oxidation sites excluding steroid dienone is 6. The maximum atomic E-state index is 13.9. The van der Waals surface area contributed by atoms with Crippen molar-refractivity contribution < 1.29 is 14.4 Å². The third-order valence-electron chi connectivity index (χ3n) is 7.89. The highest BCUT2D eigenvalue weighted by atomic mass is 16.2. The number of carbonyl (C=O) groups is 3. The van der Waals surface area contributed by atoms with Crippen molar-refractivity contribution in [2.45, 2.75) is 46.6 Å². The normalized spacial score (nSPS) is 39.2. The molecule has 1 N–H and O–H groups in total.